The molecule has 2 unspecified atom stereocenters. The number of anilines is 1. The number of carbonyl (C=O) groups excluding carboxylic acids is 2. The van der Waals surface area contributed by atoms with E-state index in [0.717, 1.165) is 11.1 Å². The van der Waals surface area contributed by atoms with Crippen molar-refractivity contribution in [3.8, 4) is 11.5 Å². The van der Waals surface area contributed by atoms with Gasteiger partial charge in [0.05, 0.1) is 19.9 Å². The van der Waals surface area contributed by atoms with Crippen LogP contribution in [0, 0.1) is 0 Å². The Kier molecular flexibility index (Phi) is 6.78. The molecule has 2 atom stereocenters. The van der Waals surface area contributed by atoms with E-state index in [1.165, 1.54) is 0 Å². The molecular weight excluding hydrogens is 497 g/mol. The Hall–Kier alpha value is -3.28. The number of nitrogens with zero attached hydrogens (tertiary/aromatic N) is 1. The van der Waals surface area contributed by atoms with Crippen molar-refractivity contribution in [3.63, 3.8) is 0 Å². The summed E-state index contributed by atoms with van der Waals surface area (Å²) in [5, 5.41) is 0.944. The molecule has 5 nitrogen and oxygen atoms in total. The fourth-order valence-corrected chi connectivity index (χ4v) is 5.84. The number of halogens is 2. The van der Waals surface area contributed by atoms with Crippen molar-refractivity contribution in [1.29, 1.82) is 0 Å². The molecule has 0 fully saturated rings. The smallest absolute Gasteiger partial charge is 0.232 e. The SMILES string of the molecule is COc1ccc(OC)c(N2C(=O)CC(c3ccc(Cl)cc3Cl)C3=C2CC(c2ccccc2)CC3=O)c1. The van der Waals surface area contributed by atoms with Gasteiger partial charge in [0.1, 0.15) is 11.5 Å². The van der Waals surface area contributed by atoms with Crippen LogP contribution in [0.3, 0.4) is 0 Å². The molecule has 1 amide bonds. The number of hydrogen-bond donors (Lipinski definition) is 0. The summed E-state index contributed by atoms with van der Waals surface area (Å²) >= 11 is 12.7. The number of benzene rings is 3. The molecule has 0 saturated heterocycles. The van der Waals surface area contributed by atoms with E-state index >= 15 is 0 Å². The molecular formula is C29H25Cl2NO4. The van der Waals surface area contributed by atoms with Gasteiger partial charge in [0.25, 0.3) is 0 Å². The van der Waals surface area contributed by atoms with Crippen LogP contribution in [0.1, 0.15) is 42.2 Å². The lowest BCUT2D eigenvalue weighted by molar-refractivity contribution is -0.120. The van der Waals surface area contributed by atoms with Gasteiger partial charge >= 0.3 is 0 Å². The maximum Gasteiger partial charge on any atom is 0.232 e. The summed E-state index contributed by atoms with van der Waals surface area (Å²) in [5.41, 5.74) is 3.64. The minimum absolute atomic E-state index is 0.0143. The highest BCUT2D eigenvalue weighted by molar-refractivity contribution is 6.35. The molecule has 0 N–H and O–H groups in total. The summed E-state index contributed by atoms with van der Waals surface area (Å²) in [6.45, 7) is 0. The van der Waals surface area contributed by atoms with Gasteiger partial charge in [0.2, 0.25) is 5.91 Å². The molecule has 7 heteroatoms. The monoisotopic (exact) mass is 521 g/mol. The van der Waals surface area contributed by atoms with Crippen LogP contribution in [-0.2, 0) is 9.59 Å². The zero-order chi connectivity index (χ0) is 25.4. The first-order valence-corrected chi connectivity index (χ1v) is 12.5. The van der Waals surface area contributed by atoms with Gasteiger partial charge in [0.15, 0.2) is 5.78 Å². The van der Waals surface area contributed by atoms with Crippen LogP contribution in [0.4, 0.5) is 5.69 Å². The summed E-state index contributed by atoms with van der Waals surface area (Å²) in [6.07, 6.45) is 0.989. The number of ether oxygens (including phenoxy) is 2. The van der Waals surface area contributed by atoms with Gasteiger partial charge in [-0.05, 0) is 47.7 Å². The predicted molar refractivity (Wildman–Crippen MR) is 141 cm³/mol. The zero-order valence-electron chi connectivity index (χ0n) is 20.0. The Morgan fingerprint density at radius 3 is 2.33 bits per heavy atom. The molecule has 0 spiro atoms. The van der Waals surface area contributed by atoms with Gasteiger partial charge in [-0.25, -0.2) is 0 Å². The Balaban J connectivity index is 1.71. The van der Waals surface area contributed by atoms with Crippen molar-refractivity contribution < 1.29 is 19.1 Å². The first-order chi connectivity index (χ1) is 17.4. The Bertz CT molecular complexity index is 1370. The average molecular weight is 522 g/mol. The van der Waals surface area contributed by atoms with Crippen LogP contribution in [0.25, 0.3) is 0 Å². The topological polar surface area (TPSA) is 55.8 Å². The molecule has 36 heavy (non-hydrogen) atoms. The molecule has 2 aliphatic rings. The number of amides is 1. The standard InChI is InChI=1S/C29H25Cl2NO4/c1-35-20-9-11-27(36-2)24(15-20)32-25-12-18(17-6-4-3-5-7-17)13-26(33)29(25)22(16-28(32)34)21-10-8-19(30)14-23(21)31/h3-11,14-15,18,22H,12-13,16H2,1-2H3. The van der Waals surface area contributed by atoms with Gasteiger partial charge in [-0.3, -0.25) is 14.5 Å². The number of allylic oxidation sites excluding steroid dienone is 2. The van der Waals surface area contributed by atoms with Crippen molar-refractivity contribution in [2.45, 2.75) is 31.1 Å². The molecule has 0 radical (unpaired) electrons. The predicted octanol–water partition coefficient (Wildman–Crippen LogP) is 6.93. The number of hydrogen-bond acceptors (Lipinski definition) is 4. The summed E-state index contributed by atoms with van der Waals surface area (Å²) in [7, 11) is 3.13. The Labute approximate surface area is 220 Å². The normalized spacial score (nSPS) is 19.8. The first kappa shape index (κ1) is 24.4. The van der Waals surface area contributed by atoms with Crippen LogP contribution in [-0.4, -0.2) is 25.9 Å². The molecule has 3 aromatic carbocycles. The lowest BCUT2D eigenvalue weighted by atomic mass is 9.72. The van der Waals surface area contributed by atoms with Crippen molar-refractivity contribution in [2.75, 3.05) is 19.1 Å². The van der Waals surface area contributed by atoms with E-state index in [0.29, 0.717) is 51.3 Å². The summed E-state index contributed by atoms with van der Waals surface area (Å²) in [4.78, 5) is 29.3. The third-order valence-corrected chi connectivity index (χ3v) is 7.53. The maximum absolute atomic E-state index is 13.8. The van der Waals surface area contributed by atoms with E-state index in [1.54, 1.807) is 49.5 Å². The molecule has 0 bridgehead atoms. The highest BCUT2D eigenvalue weighted by Crippen LogP contribution is 2.50. The quantitative estimate of drug-likeness (QED) is 0.365. The lowest BCUT2D eigenvalue weighted by Gasteiger charge is -2.41. The van der Waals surface area contributed by atoms with E-state index in [1.807, 2.05) is 36.4 Å². The van der Waals surface area contributed by atoms with Gasteiger partial charge in [-0.1, -0.05) is 59.6 Å². The van der Waals surface area contributed by atoms with Crippen LogP contribution < -0.4 is 14.4 Å². The first-order valence-electron chi connectivity index (χ1n) is 11.7. The fraction of sp³-hybridized carbons (Fsp3) is 0.241. The number of rotatable bonds is 5. The van der Waals surface area contributed by atoms with Crippen LogP contribution in [0.15, 0.2) is 78.0 Å². The van der Waals surface area contributed by atoms with Crippen LogP contribution >= 0.6 is 23.2 Å². The van der Waals surface area contributed by atoms with E-state index in [9.17, 15) is 9.59 Å². The van der Waals surface area contributed by atoms with Gasteiger partial charge < -0.3 is 9.47 Å². The molecule has 5 rings (SSSR count). The van der Waals surface area contributed by atoms with Crippen LogP contribution in [0.2, 0.25) is 10.0 Å². The second kappa shape index (κ2) is 10.00. The van der Waals surface area contributed by atoms with Crippen molar-refractivity contribution >= 4 is 40.6 Å². The fourth-order valence-electron chi connectivity index (χ4n) is 5.30. The Morgan fingerprint density at radius 2 is 1.64 bits per heavy atom. The van der Waals surface area contributed by atoms with E-state index in [-0.39, 0.29) is 24.0 Å². The second-order valence-electron chi connectivity index (χ2n) is 8.99. The summed E-state index contributed by atoms with van der Waals surface area (Å²) < 4.78 is 11.1. The Morgan fingerprint density at radius 1 is 0.861 bits per heavy atom. The molecule has 184 valence electrons. The van der Waals surface area contributed by atoms with Gasteiger partial charge in [-0.15, -0.1) is 0 Å². The van der Waals surface area contributed by atoms with Crippen molar-refractivity contribution in [2.24, 2.45) is 0 Å². The highest BCUT2D eigenvalue weighted by atomic mass is 35.5. The van der Waals surface area contributed by atoms with E-state index < -0.39 is 5.92 Å². The van der Waals surface area contributed by atoms with Crippen molar-refractivity contribution in [3.05, 3.63) is 99.2 Å². The maximum atomic E-state index is 13.8. The highest BCUT2D eigenvalue weighted by Gasteiger charge is 2.43. The second-order valence-corrected chi connectivity index (χ2v) is 9.83. The molecule has 3 aromatic rings. The van der Waals surface area contributed by atoms with E-state index in [2.05, 4.69) is 0 Å². The third kappa shape index (κ3) is 4.38. The molecule has 0 aromatic heterocycles. The number of carbonyl (C=O) groups is 2. The molecule has 0 saturated carbocycles. The largest absolute Gasteiger partial charge is 0.497 e. The minimum atomic E-state index is -0.450. The summed E-state index contributed by atoms with van der Waals surface area (Å²) in [5.74, 6) is 0.482. The number of methoxy groups -OCH3 is 2. The molecule has 1 aliphatic heterocycles. The molecule has 1 aliphatic carbocycles. The molecule has 1 heterocycles. The minimum Gasteiger partial charge on any atom is -0.497 e. The summed E-state index contributed by atoms with van der Waals surface area (Å²) in [6, 6.07) is 20.5. The number of ketones is 1. The average Bonchev–Trinajstić information content (AvgIpc) is 2.88. The van der Waals surface area contributed by atoms with Gasteiger partial charge in [0, 0.05) is 46.1 Å². The van der Waals surface area contributed by atoms with Crippen molar-refractivity contribution in [1.82, 2.24) is 0 Å². The van der Waals surface area contributed by atoms with E-state index in [4.69, 9.17) is 32.7 Å². The zero-order valence-corrected chi connectivity index (χ0v) is 21.5. The van der Waals surface area contributed by atoms with Crippen LogP contribution in [0.5, 0.6) is 11.5 Å². The van der Waals surface area contributed by atoms with Gasteiger partial charge in [-0.2, -0.15) is 0 Å². The lowest BCUT2D eigenvalue weighted by Crippen LogP contribution is -2.42. The number of Topliss-reactive ketones (excluding diaryl/α,β-unsaturated/α-hetero) is 1. The third-order valence-electron chi connectivity index (χ3n) is 6.97.